The molecule has 3 heteroatoms. The van der Waals surface area contributed by atoms with Crippen LogP contribution in [0.25, 0.3) is 5.57 Å². The van der Waals surface area contributed by atoms with Gasteiger partial charge in [0, 0.05) is 5.92 Å². The highest BCUT2D eigenvalue weighted by atomic mass is 16.5. The van der Waals surface area contributed by atoms with E-state index in [1.165, 1.54) is 27.8 Å². The van der Waals surface area contributed by atoms with Crippen molar-refractivity contribution in [1.29, 1.82) is 0 Å². The van der Waals surface area contributed by atoms with E-state index in [1.54, 1.807) is 0 Å². The van der Waals surface area contributed by atoms with Crippen LogP contribution in [0, 0.1) is 53.4 Å². The maximum absolute atomic E-state index is 13.5. The first-order valence-electron chi connectivity index (χ1n) is 11.0. The van der Waals surface area contributed by atoms with Crippen molar-refractivity contribution in [2.24, 2.45) is 11.8 Å². The molecule has 0 aromatic heterocycles. The SMILES string of the molecule is Cc1cc(C)c(C2=C(O)[C@@H]3C4OC(CC4c4c(C)cc(C)cc4C)[C@@H]3C2=O)c(C)c1. The molecule has 30 heavy (non-hydrogen) atoms. The molecule has 0 radical (unpaired) electrons. The van der Waals surface area contributed by atoms with Crippen molar-refractivity contribution in [3.63, 3.8) is 0 Å². The van der Waals surface area contributed by atoms with Crippen LogP contribution in [-0.2, 0) is 9.53 Å². The van der Waals surface area contributed by atoms with Gasteiger partial charge in [0.15, 0.2) is 5.78 Å². The van der Waals surface area contributed by atoms with Crippen LogP contribution in [0.1, 0.15) is 56.8 Å². The van der Waals surface area contributed by atoms with E-state index >= 15 is 0 Å². The van der Waals surface area contributed by atoms with Crippen LogP contribution in [-0.4, -0.2) is 23.1 Å². The maximum atomic E-state index is 13.5. The van der Waals surface area contributed by atoms with Crippen LogP contribution in [0.4, 0.5) is 0 Å². The Hall–Kier alpha value is -2.39. The average molecular weight is 403 g/mol. The third-order valence-electron chi connectivity index (χ3n) is 7.51. The summed E-state index contributed by atoms with van der Waals surface area (Å²) < 4.78 is 6.34. The van der Waals surface area contributed by atoms with Crippen LogP contribution in [0.3, 0.4) is 0 Å². The van der Waals surface area contributed by atoms with E-state index in [0.29, 0.717) is 5.57 Å². The Morgan fingerprint density at radius 3 is 1.93 bits per heavy atom. The lowest BCUT2D eigenvalue weighted by atomic mass is 9.71. The van der Waals surface area contributed by atoms with E-state index in [4.69, 9.17) is 4.74 Å². The lowest BCUT2D eigenvalue weighted by Gasteiger charge is -2.30. The van der Waals surface area contributed by atoms with Gasteiger partial charge in [-0.15, -0.1) is 0 Å². The Balaban J connectivity index is 1.59. The van der Waals surface area contributed by atoms with Gasteiger partial charge in [0.1, 0.15) is 5.76 Å². The zero-order valence-corrected chi connectivity index (χ0v) is 18.7. The summed E-state index contributed by atoms with van der Waals surface area (Å²) in [6.45, 7) is 12.6. The van der Waals surface area contributed by atoms with Crippen molar-refractivity contribution in [2.45, 2.75) is 66.1 Å². The number of carbonyl (C=O) groups excluding carboxylic acids is 1. The summed E-state index contributed by atoms with van der Waals surface area (Å²) in [6, 6.07) is 8.64. The molecule has 0 amide bonds. The summed E-state index contributed by atoms with van der Waals surface area (Å²) in [4.78, 5) is 13.5. The zero-order chi connectivity index (χ0) is 21.5. The van der Waals surface area contributed by atoms with Gasteiger partial charge < -0.3 is 9.84 Å². The largest absolute Gasteiger partial charge is 0.511 e. The molecule has 2 aliphatic heterocycles. The predicted octanol–water partition coefficient (Wildman–Crippen LogP) is 5.58. The quantitative estimate of drug-likeness (QED) is 0.714. The third-order valence-corrected chi connectivity index (χ3v) is 7.51. The Kier molecular flexibility index (Phi) is 4.27. The average Bonchev–Trinajstić information content (AvgIpc) is 3.27. The number of ketones is 1. The van der Waals surface area contributed by atoms with Gasteiger partial charge in [-0.05, 0) is 81.3 Å². The normalized spacial score (nSPS) is 29.8. The van der Waals surface area contributed by atoms with Gasteiger partial charge >= 0.3 is 0 Å². The molecule has 5 atom stereocenters. The maximum Gasteiger partial charge on any atom is 0.173 e. The number of allylic oxidation sites excluding steroid dienone is 1. The lowest BCUT2D eigenvalue weighted by molar-refractivity contribution is -0.118. The van der Waals surface area contributed by atoms with Gasteiger partial charge in [-0.1, -0.05) is 35.4 Å². The Morgan fingerprint density at radius 1 is 0.833 bits per heavy atom. The third kappa shape index (κ3) is 2.58. The molecule has 2 saturated heterocycles. The molecule has 2 bridgehead atoms. The molecular weight excluding hydrogens is 372 g/mol. The molecule has 1 N–H and O–H groups in total. The monoisotopic (exact) mass is 402 g/mol. The Morgan fingerprint density at radius 2 is 1.37 bits per heavy atom. The summed E-state index contributed by atoms with van der Waals surface area (Å²) in [6.07, 6.45) is 0.616. The number of hydrogen-bond acceptors (Lipinski definition) is 3. The first kappa shape index (κ1) is 19.6. The number of aliphatic hydroxyl groups is 1. The molecule has 156 valence electrons. The zero-order valence-electron chi connectivity index (χ0n) is 18.7. The van der Waals surface area contributed by atoms with Gasteiger partial charge in [-0.2, -0.15) is 0 Å². The Bertz CT molecular complexity index is 1080. The van der Waals surface area contributed by atoms with Crippen LogP contribution in [0.15, 0.2) is 30.0 Å². The minimum atomic E-state index is -0.243. The van der Waals surface area contributed by atoms with Gasteiger partial charge in [0.2, 0.25) is 0 Å². The Labute approximate surface area is 178 Å². The van der Waals surface area contributed by atoms with Gasteiger partial charge in [0.25, 0.3) is 0 Å². The van der Waals surface area contributed by atoms with Crippen LogP contribution >= 0.6 is 0 Å². The minimum Gasteiger partial charge on any atom is -0.511 e. The second-order valence-corrected chi connectivity index (χ2v) is 9.74. The predicted molar refractivity (Wildman–Crippen MR) is 119 cm³/mol. The molecule has 1 aliphatic carbocycles. The van der Waals surface area contributed by atoms with Crippen molar-refractivity contribution < 1.29 is 14.6 Å². The van der Waals surface area contributed by atoms with Crippen LogP contribution < -0.4 is 0 Å². The number of aryl methyl sites for hydroxylation is 6. The van der Waals surface area contributed by atoms with Crippen molar-refractivity contribution >= 4 is 11.4 Å². The van der Waals surface area contributed by atoms with Crippen LogP contribution in [0.2, 0.25) is 0 Å². The number of ether oxygens (including phenoxy) is 1. The lowest BCUT2D eigenvalue weighted by Crippen LogP contribution is -2.34. The van der Waals surface area contributed by atoms with Crippen molar-refractivity contribution in [3.05, 3.63) is 74.5 Å². The van der Waals surface area contributed by atoms with E-state index in [2.05, 4.69) is 52.0 Å². The molecule has 5 rings (SSSR count). The number of Topliss-reactive ketones (excluding diaryl/α,β-unsaturated/α-hetero) is 1. The van der Waals surface area contributed by atoms with E-state index in [0.717, 1.165) is 23.1 Å². The number of fused-ring (bicyclic) bond motifs is 5. The van der Waals surface area contributed by atoms with Gasteiger partial charge in [-0.3, -0.25) is 4.79 Å². The fourth-order valence-corrected chi connectivity index (χ4v) is 6.74. The molecular formula is C27H30O3. The highest BCUT2D eigenvalue weighted by Gasteiger charge is 2.62. The molecule has 3 unspecified atom stereocenters. The second-order valence-electron chi connectivity index (χ2n) is 9.74. The number of rotatable bonds is 2. The smallest absolute Gasteiger partial charge is 0.173 e. The molecule has 0 saturated carbocycles. The molecule has 2 fully saturated rings. The van der Waals surface area contributed by atoms with E-state index < -0.39 is 0 Å². The standard InChI is InChI=1S/C27H30O3/c1-12-7-14(3)20(15(4)8-12)18-11-19-22-24(27(18)30-19)26(29)23(25(22)28)21-16(5)9-13(2)10-17(21)6/h7-10,18-19,22,24,27,29H,11H2,1-6H3/t18?,19?,22-,24+,27?/m0/s1. The number of carbonyl (C=O) groups is 1. The first-order chi connectivity index (χ1) is 14.2. The van der Waals surface area contributed by atoms with Crippen molar-refractivity contribution in [1.82, 2.24) is 0 Å². The topological polar surface area (TPSA) is 46.5 Å². The fourth-order valence-electron chi connectivity index (χ4n) is 6.74. The molecule has 0 spiro atoms. The summed E-state index contributed by atoms with van der Waals surface area (Å²) in [5, 5.41) is 11.3. The summed E-state index contributed by atoms with van der Waals surface area (Å²) in [5.74, 6) is 0.0748. The summed E-state index contributed by atoms with van der Waals surface area (Å²) in [5.41, 5.74) is 9.90. The molecule has 3 aliphatic rings. The molecule has 2 aromatic carbocycles. The molecule has 2 heterocycles. The number of benzene rings is 2. The van der Waals surface area contributed by atoms with Gasteiger partial charge in [0.05, 0.1) is 29.6 Å². The van der Waals surface area contributed by atoms with E-state index in [9.17, 15) is 9.90 Å². The van der Waals surface area contributed by atoms with Crippen molar-refractivity contribution in [2.75, 3.05) is 0 Å². The molecule has 2 aromatic rings. The highest BCUT2D eigenvalue weighted by molar-refractivity contribution is 6.26. The van der Waals surface area contributed by atoms with E-state index in [1.807, 2.05) is 13.8 Å². The fraction of sp³-hybridized carbons (Fsp3) is 0.444. The van der Waals surface area contributed by atoms with Crippen molar-refractivity contribution in [3.8, 4) is 0 Å². The number of hydrogen-bond donors (Lipinski definition) is 1. The van der Waals surface area contributed by atoms with Crippen LogP contribution in [0.5, 0.6) is 0 Å². The highest BCUT2D eigenvalue weighted by Crippen LogP contribution is 2.59. The van der Waals surface area contributed by atoms with E-state index in [-0.39, 0.29) is 41.5 Å². The molecule has 3 nitrogen and oxygen atoms in total. The first-order valence-corrected chi connectivity index (χ1v) is 11.0. The minimum absolute atomic E-state index is 0.0656. The van der Waals surface area contributed by atoms with Gasteiger partial charge in [-0.25, -0.2) is 0 Å². The summed E-state index contributed by atoms with van der Waals surface area (Å²) >= 11 is 0. The number of aliphatic hydroxyl groups excluding tert-OH is 1. The summed E-state index contributed by atoms with van der Waals surface area (Å²) in [7, 11) is 0. The second kappa shape index (κ2) is 6.55.